The average Bonchev–Trinajstić information content (AvgIpc) is 1.96. The van der Waals surface area contributed by atoms with E-state index in [-0.39, 0.29) is 11.6 Å². The largest absolute Gasteiger partial charge is 0.380 e. The van der Waals surface area contributed by atoms with E-state index in [2.05, 4.69) is 10.3 Å². The molecule has 1 unspecified atom stereocenters. The quantitative estimate of drug-likeness (QED) is 0.529. The molecule has 0 aliphatic rings. The number of hydrogen-bond acceptors (Lipinski definition) is 2. The zero-order valence-electron chi connectivity index (χ0n) is 9.92. The fourth-order valence-electron chi connectivity index (χ4n) is 0.980. The molecule has 0 aliphatic carbocycles. The molecule has 0 aromatic rings. The lowest BCUT2D eigenvalue weighted by molar-refractivity contribution is 0.137. The minimum absolute atomic E-state index is 0.0427. The first-order chi connectivity index (χ1) is 6.35. The second kappa shape index (κ2) is 5.86. The highest BCUT2D eigenvalue weighted by Gasteiger charge is 2.10. The molecule has 0 aliphatic heterocycles. The Balaban J connectivity index is 3.96. The second-order valence-electron chi connectivity index (χ2n) is 4.40. The first kappa shape index (κ1) is 13.2. The van der Waals surface area contributed by atoms with E-state index in [1.165, 1.54) is 0 Å². The van der Waals surface area contributed by atoms with Gasteiger partial charge in [0.15, 0.2) is 5.96 Å². The molecule has 0 spiro atoms. The van der Waals surface area contributed by atoms with Crippen LogP contribution in [0.1, 0.15) is 34.6 Å². The van der Waals surface area contributed by atoms with Gasteiger partial charge in [-0.15, -0.1) is 0 Å². The Morgan fingerprint density at radius 3 is 2.50 bits per heavy atom. The molecule has 4 heteroatoms. The molecule has 0 saturated heterocycles. The van der Waals surface area contributed by atoms with Gasteiger partial charge in [0.2, 0.25) is 0 Å². The molecule has 0 rings (SSSR count). The smallest absolute Gasteiger partial charge is 0.189 e. The van der Waals surface area contributed by atoms with Gasteiger partial charge in [-0.25, -0.2) is 4.99 Å². The lowest BCUT2D eigenvalue weighted by Gasteiger charge is -2.21. The predicted molar refractivity (Wildman–Crippen MR) is 60.5 cm³/mol. The molecule has 0 aromatic carbocycles. The van der Waals surface area contributed by atoms with E-state index in [1.807, 2.05) is 34.6 Å². The fourth-order valence-corrected chi connectivity index (χ4v) is 0.980. The number of rotatable bonds is 4. The van der Waals surface area contributed by atoms with Crippen LogP contribution in [0.3, 0.4) is 0 Å². The summed E-state index contributed by atoms with van der Waals surface area (Å²) in [6, 6.07) is 0.102. The number of nitrogens with zero attached hydrogens (tertiary/aromatic N) is 1. The fraction of sp³-hybridized carbons (Fsp3) is 0.900. The summed E-state index contributed by atoms with van der Waals surface area (Å²) in [5.74, 6) is 0.477. The van der Waals surface area contributed by atoms with Crippen LogP contribution in [0.2, 0.25) is 0 Å². The molecule has 0 fully saturated rings. The molecule has 0 radical (unpaired) electrons. The molecule has 0 bridgehead atoms. The van der Waals surface area contributed by atoms with Crippen molar-refractivity contribution >= 4 is 5.96 Å². The molecule has 84 valence electrons. The van der Waals surface area contributed by atoms with Gasteiger partial charge in [0.25, 0.3) is 0 Å². The van der Waals surface area contributed by atoms with E-state index < -0.39 is 0 Å². The summed E-state index contributed by atoms with van der Waals surface area (Å²) in [5, 5.41) is 3.10. The Morgan fingerprint density at radius 1 is 1.50 bits per heavy atom. The summed E-state index contributed by atoms with van der Waals surface area (Å²) in [5.41, 5.74) is 5.67. The van der Waals surface area contributed by atoms with E-state index in [4.69, 9.17) is 10.5 Å². The van der Waals surface area contributed by atoms with E-state index in [9.17, 15) is 0 Å². The number of nitrogens with one attached hydrogen (secondary N) is 1. The van der Waals surface area contributed by atoms with Crippen LogP contribution in [-0.2, 0) is 4.74 Å². The number of ether oxygens (including phenoxy) is 1. The molecular weight excluding hydrogens is 178 g/mol. The van der Waals surface area contributed by atoms with Crippen molar-refractivity contribution < 1.29 is 4.74 Å². The third-order valence-corrected chi connectivity index (χ3v) is 1.43. The van der Waals surface area contributed by atoms with E-state index in [1.54, 1.807) is 0 Å². The van der Waals surface area contributed by atoms with Crippen molar-refractivity contribution in [3.05, 3.63) is 0 Å². The number of hydrogen-bond donors (Lipinski definition) is 2. The highest BCUT2D eigenvalue weighted by atomic mass is 16.5. The van der Waals surface area contributed by atoms with Crippen molar-refractivity contribution in [1.82, 2.24) is 5.32 Å². The number of guanidine groups is 1. The molecule has 0 heterocycles. The molecule has 0 amide bonds. The molecule has 0 aromatic heterocycles. The van der Waals surface area contributed by atoms with Crippen LogP contribution in [-0.4, -0.2) is 30.8 Å². The summed E-state index contributed by atoms with van der Waals surface area (Å²) in [4.78, 5) is 4.26. The van der Waals surface area contributed by atoms with Crippen molar-refractivity contribution in [2.24, 2.45) is 10.7 Å². The van der Waals surface area contributed by atoms with Gasteiger partial charge in [-0.3, -0.25) is 0 Å². The Labute approximate surface area is 86.9 Å². The molecule has 3 N–H and O–H groups in total. The van der Waals surface area contributed by atoms with Crippen molar-refractivity contribution in [1.29, 1.82) is 0 Å². The number of nitrogens with two attached hydrogens (primary N) is 1. The van der Waals surface area contributed by atoms with Gasteiger partial charge in [-0.1, -0.05) is 0 Å². The summed E-state index contributed by atoms with van der Waals surface area (Å²) in [7, 11) is 0. The highest BCUT2D eigenvalue weighted by Crippen LogP contribution is 1.98. The molecule has 0 saturated carbocycles. The predicted octanol–water partition coefficient (Wildman–Crippen LogP) is 1.11. The summed E-state index contributed by atoms with van der Waals surface area (Å²) in [6.07, 6.45) is 0. The van der Waals surface area contributed by atoms with Crippen LogP contribution in [0, 0.1) is 0 Å². The van der Waals surface area contributed by atoms with Gasteiger partial charge < -0.3 is 15.8 Å². The lowest BCUT2D eigenvalue weighted by atomic mass is 10.1. The van der Waals surface area contributed by atoms with Gasteiger partial charge in [0.05, 0.1) is 12.6 Å². The third kappa shape index (κ3) is 7.86. The first-order valence-electron chi connectivity index (χ1n) is 5.04. The molecular formula is C10H23N3O. The average molecular weight is 201 g/mol. The van der Waals surface area contributed by atoms with Crippen LogP contribution in [0.4, 0.5) is 0 Å². The maximum absolute atomic E-state index is 5.72. The Hall–Kier alpha value is -0.770. The summed E-state index contributed by atoms with van der Waals surface area (Å²) < 4.78 is 5.24. The van der Waals surface area contributed by atoms with Crippen molar-refractivity contribution in [2.75, 3.05) is 13.2 Å². The van der Waals surface area contributed by atoms with E-state index in [0.29, 0.717) is 19.2 Å². The van der Waals surface area contributed by atoms with Crippen molar-refractivity contribution in [3.63, 3.8) is 0 Å². The zero-order valence-corrected chi connectivity index (χ0v) is 9.92. The van der Waals surface area contributed by atoms with Crippen LogP contribution < -0.4 is 11.1 Å². The van der Waals surface area contributed by atoms with Gasteiger partial charge >= 0.3 is 0 Å². The molecule has 14 heavy (non-hydrogen) atoms. The van der Waals surface area contributed by atoms with Crippen LogP contribution in [0.5, 0.6) is 0 Å². The zero-order chi connectivity index (χ0) is 11.2. The topological polar surface area (TPSA) is 59.6 Å². The van der Waals surface area contributed by atoms with Gasteiger partial charge in [0, 0.05) is 12.1 Å². The standard InChI is InChI=1S/C10H23N3O/c1-6-14-7-8(2)12-9(11)13-10(3,4)5/h8H,6-7H2,1-5H3,(H3,11,12,13). The SMILES string of the molecule is CCOCC(C)N=C(N)NC(C)(C)C. The van der Waals surface area contributed by atoms with E-state index in [0.717, 1.165) is 0 Å². The third-order valence-electron chi connectivity index (χ3n) is 1.43. The monoisotopic (exact) mass is 201 g/mol. The first-order valence-corrected chi connectivity index (χ1v) is 5.04. The summed E-state index contributed by atoms with van der Waals surface area (Å²) >= 11 is 0. The highest BCUT2D eigenvalue weighted by molar-refractivity contribution is 5.78. The van der Waals surface area contributed by atoms with Crippen molar-refractivity contribution in [2.45, 2.75) is 46.2 Å². The van der Waals surface area contributed by atoms with Gasteiger partial charge in [-0.05, 0) is 34.6 Å². The van der Waals surface area contributed by atoms with Gasteiger partial charge in [-0.2, -0.15) is 0 Å². The summed E-state index contributed by atoms with van der Waals surface area (Å²) in [6.45, 7) is 11.4. The normalized spacial score (nSPS) is 15.4. The van der Waals surface area contributed by atoms with Crippen LogP contribution >= 0.6 is 0 Å². The Morgan fingerprint density at radius 2 is 2.07 bits per heavy atom. The van der Waals surface area contributed by atoms with Crippen molar-refractivity contribution in [3.8, 4) is 0 Å². The number of aliphatic imine (C=N–C) groups is 1. The molecule has 1 atom stereocenters. The maximum Gasteiger partial charge on any atom is 0.189 e. The van der Waals surface area contributed by atoms with E-state index >= 15 is 0 Å². The Bertz CT molecular complexity index is 184. The minimum Gasteiger partial charge on any atom is -0.380 e. The maximum atomic E-state index is 5.72. The van der Waals surface area contributed by atoms with Crippen LogP contribution in [0.25, 0.3) is 0 Å². The minimum atomic E-state index is -0.0427. The van der Waals surface area contributed by atoms with Crippen LogP contribution in [0.15, 0.2) is 4.99 Å². The second-order valence-corrected chi connectivity index (χ2v) is 4.40. The Kier molecular flexibility index (Phi) is 5.53. The lowest BCUT2D eigenvalue weighted by Crippen LogP contribution is -2.45. The molecule has 4 nitrogen and oxygen atoms in total. The van der Waals surface area contributed by atoms with Gasteiger partial charge in [0.1, 0.15) is 0 Å².